The van der Waals surface area contributed by atoms with Crippen molar-refractivity contribution >= 4 is 5.97 Å². The number of aromatic nitrogens is 1. The molecule has 0 aliphatic carbocycles. The van der Waals surface area contributed by atoms with Gasteiger partial charge in [-0.2, -0.15) is 0 Å². The predicted octanol–water partition coefficient (Wildman–Crippen LogP) is 1.09. The van der Waals surface area contributed by atoms with Crippen LogP contribution in [0.3, 0.4) is 0 Å². The van der Waals surface area contributed by atoms with Crippen LogP contribution in [0.2, 0.25) is 0 Å². The number of nitrogens with zero attached hydrogens (tertiary/aromatic N) is 1. The van der Waals surface area contributed by atoms with Crippen molar-refractivity contribution in [1.29, 1.82) is 0 Å². The zero-order valence-corrected chi connectivity index (χ0v) is 10.4. The van der Waals surface area contributed by atoms with Crippen LogP contribution in [0.4, 0.5) is 0 Å². The molecule has 0 fully saturated rings. The van der Waals surface area contributed by atoms with Crippen LogP contribution in [-0.2, 0) is 17.8 Å². The number of carboxylic acid groups (broad SMARTS) is 1. The minimum Gasteiger partial charge on any atom is -0.550 e. The van der Waals surface area contributed by atoms with Crippen molar-refractivity contribution < 1.29 is 14.5 Å². The van der Waals surface area contributed by atoms with Gasteiger partial charge in [0.2, 0.25) is 0 Å². The van der Waals surface area contributed by atoms with Gasteiger partial charge < -0.3 is 9.90 Å². The van der Waals surface area contributed by atoms with E-state index in [1.54, 1.807) is 0 Å². The molecule has 0 atom stereocenters. The summed E-state index contributed by atoms with van der Waals surface area (Å²) in [6.07, 6.45) is 5.94. The zero-order valence-electron chi connectivity index (χ0n) is 10.4. The second kappa shape index (κ2) is 8.89. The number of carboxylic acids is 1. The second-order valence-electron chi connectivity index (χ2n) is 3.57. The molecule has 0 aromatic carbocycles. The van der Waals surface area contributed by atoms with E-state index in [1.165, 1.54) is 25.0 Å². The summed E-state index contributed by atoms with van der Waals surface area (Å²) in [7, 11) is 0. The molecule has 1 aromatic heterocycles. The van der Waals surface area contributed by atoms with Crippen LogP contribution in [0, 0.1) is 0 Å². The Bertz CT molecular complexity index is 307. The first-order valence-corrected chi connectivity index (χ1v) is 5.76. The van der Waals surface area contributed by atoms with Gasteiger partial charge in [0.25, 0.3) is 0 Å². The van der Waals surface area contributed by atoms with Crippen molar-refractivity contribution in [3.63, 3.8) is 0 Å². The van der Waals surface area contributed by atoms with Crippen LogP contribution < -0.4 is 9.67 Å². The standard InChI is InChI=1S/C11H18N.C2H4O2/c1-3-5-8-11-9-6-7-10-12(11)4-2;1-2(3)4/h6-7,9-10H,3-5,8H2,1-2H3;1H3,(H,3,4)/q+1;/p-1. The molecule has 3 heteroatoms. The SMILES string of the molecule is CC(=O)[O-].CCCCc1cccc[n+]1CC. The maximum Gasteiger partial charge on any atom is 0.181 e. The third kappa shape index (κ3) is 6.98. The molecule has 0 bridgehead atoms. The van der Waals surface area contributed by atoms with Crippen LogP contribution in [0.15, 0.2) is 24.4 Å². The fourth-order valence-corrected chi connectivity index (χ4v) is 1.41. The van der Waals surface area contributed by atoms with E-state index in [2.05, 4.69) is 42.8 Å². The van der Waals surface area contributed by atoms with E-state index in [1.807, 2.05) is 0 Å². The minimum atomic E-state index is -1.08. The molecular formula is C13H21NO2. The number of hydrogen-bond donors (Lipinski definition) is 0. The van der Waals surface area contributed by atoms with Crippen LogP contribution in [-0.4, -0.2) is 5.97 Å². The van der Waals surface area contributed by atoms with Gasteiger partial charge >= 0.3 is 0 Å². The summed E-state index contributed by atoms with van der Waals surface area (Å²) in [5, 5.41) is 8.89. The zero-order chi connectivity index (χ0) is 12.4. The summed E-state index contributed by atoms with van der Waals surface area (Å²) in [6, 6.07) is 6.44. The Labute approximate surface area is 97.7 Å². The Hall–Kier alpha value is -1.38. The molecule has 0 N–H and O–H groups in total. The largest absolute Gasteiger partial charge is 0.550 e. The molecule has 0 amide bonds. The Balaban J connectivity index is 0.000000487. The first-order chi connectivity index (χ1) is 7.61. The molecule has 0 radical (unpaired) electrons. The van der Waals surface area contributed by atoms with Crippen molar-refractivity contribution in [2.45, 2.75) is 46.6 Å². The molecule has 1 aromatic rings. The molecule has 1 rings (SSSR count). The van der Waals surface area contributed by atoms with Crippen LogP contribution in [0.5, 0.6) is 0 Å². The molecule has 90 valence electrons. The van der Waals surface area contributed by atoms with Crippen molar-refractivity contribution in [2.24, 2.45) is 0 Å². The fourth-order valence-electron chi connectivity index (χ4n) is 1.41. The van der Waals surface area contributed by atoms with Crippen molar-refractivity contribution in [3.8, 4) is 0 Å². The van der Waals surface area contributed by atoms with Gasteiger partial charge in [0, 0.05) is 24.5 Å². The van der Waals surface area contributed by atoms with Crippen LogP contribution in [0.25, 0.3) is 0 Å². The van der Waals surface area contributed by atoms with Crippen molar-refractivity contribution in [3.05, 3.63) is 30.1 Å². The van der Waals surface area contributed by atoms with E-state index < -0.39 is 5.97 Å². The Morgan fingerprint density at radius 2 is 2.00 bits per heavy atom. The van der Waals surface area contributed by atoms with Gasteiger partial charge in [0.15, 0.2) is 11.9 Å². The molecule has 0 aliphatic rings. The Morgan fingerprint density at radius 3 is 2.50 bits per heavy atom. The van der Waals surface area contributed by atoms with E-state index >= 15 is 0 Å². The smallest absolute Gasteiger partial charge is 0.181 e. The lowest BCUT2D eigenvalue weighted by atomic mass is 10.2. The number of carbonyl (C=O) groups is 1. The van der Waals surface area contributed by atoms with Gasteiger partial charge in [-0.1, -0.05) is 19.4 Å². The van der Waals surface area contributed by atoms with Crippen LogP contribution >= 0.6 is 0 Å². The van der Waals surface area contributed by atoms with Gasteiger partial charge in [-0.15, -0.1) is 0 Å². The maximum absolute atomic E-state index is 8.89. The van der Waals surface area contributed by atoms with E-state index in [4.69, 9.17) is 9.90 Å². The molecule has 3 nitrogen and oxygen atoms in total. The highest BCUT2D eigenvalue weighted by Crippen LogP contribution is 1.98. The Morgan fingerprint density at radius 1 is 1.38 bits per heavy atom. The lowest BCUT2D eigenvalue weighted by Crippen LogP contribution is -2.36. The van der Waals surface area contributed by atoms with E-state index in [9.17, 15) is 0 Å². The summed E-state index contributed by atoms with van der Waals surface area (Å²) >= 11 is 0. The van der Waals surface area contributed by atoms with E-state index in [-0.39, 0.29) is 0 Å². The summed E-state index contributed by atoms with van der Waals surface area (Å²) in [4.78, 5) is 8.89. The van der Waals surface area contributed by atoms with Crippen molar-refractivity contribution in [2.75, 3.05) is 0 Å². The van der Waals surface area contributed by atoms with Gasteiger partial charge in [0.05, 0.1) is 0 Å². The molecule has 1 heterocycles. The first-order valence-electron chi connectivity index (χ1n) is 5.76. The monoisotopic (exact) mass is 223 g/mol. The first kappa shape index (κ1) is 14.6. The molecular weight excluding hydrogens is 202 g/mol. The highest BCUT2D eigenvalue weighted by atomic mass is 16.4. The molecule has 0 saturated heterocycles. The molecule has 0 aliphatic heterocycles. The summed E-state index contributed by atoms with van der Waals surface area (Å²) < 4.78 is 2.32. The summed E-state index contributed by atoms with van der Waals surface area (Å²) in [6.45, 7) is 6.48. The highest BCUT2D eigenvalue weighted by molar-refractivity contribution is 5.60. The lowest BCUT2D eigenvalue weighted by Gasteiger charge is -1.99. The average Bonchev–Trinajstić information content (AvgIpc) is 2.26. The van der Waals surface area contributed by atoms with Gasteiger partial charge in [-0.25, -0.2) is 4.57 Å². The Kier molecular flexibility index (Phi) is 8.12. The quantitative estimate of drug-likeness (QED) is 0.717. The van der Waals surface area contributed by atoms with Crippen LogP contribution in [0.1, 0.15) is 39.3 Å². The van der Waals surface area contributed by atoms with Crippen molar-refractivity contribution in [1.82, 2.24) is 0 Å². The van der Waals surface area contributed by atoms with E-state index in [0.29, 0.717) is 0 Å². The summed E-state index contributed by atoms with van der Waals surface area (Å²) in [5.41, 5.74) is 1.46. The number of rotatable bonds is 4. The normalized spacial score (nSPS) is 9.19. The average molecular weight is 223 g/mol. The number of unbranched alkanes of at least 4 members (excludes halogenated alkanes) is 1. The molecule has 0 saturated carbocycles. The fraction of sp³-hybridized carbons (Fsp3) is 0.538. The number of aliphatic carboxylic acids is 1. The third-order valence-electron chi connectivity index (χ3n) is 2.16. The predicted molar refractivity (Wildman–Crippen MR) is 61.6 cm³/mol. The number of pyridine rings is 1. The topological polar surface area (TPSA) is 44.0 Å². The van der Waals surface area contributed by atoms with E-state index in [0.717, 1.165) is 13.5 Å². The molecule has 16 heavy (non-hydrogen) atoms. The highest BCUT2D eigenvalue weighted by Gasteiger charge is 2.04. The van der Waals surface area contributed by atoms with Gasteiger partial charge in [-0.3, -0.25) is 0 Å². The number of hydrogen-bond acceptors (Lipinski definition) is 2. The van der Waals surface area contributed by atoms with Gasteiger partial charge in [-0.05, 0) is 20.3 Å². The van der Waals surface area contributed by atoms with Gasteiger partial charge in [0.1, 0.15) is 6.54 Å². The maximum atomic E-state index is 8.89. The number of aryl methyl sites for hydroxylation is 2. The second-order valence-corrected chi connectivity index (χ2v) is 3.57. The lowest BCUT2D eigenvalue weighted by molar-refractivity contribution is -0.700. The minimum absolute atomic E-state index is 0.972. The third-order valence-corrected chi connectivity index (χ3v) is 2.16. The molecule has 0 spiro atoms. The molecule has 0 unspecified atom stereocenters. The summed E-state index contributed by atoms with van der Waals surface area (Å²) in [5.74, 6) is -1.08. The number of carbonyl (C=O) groups excluding carboxylic acids is 1.